The van der Waals surface area contributed by atoms with E-state index in [4.69, 9.17) is 0 Å². The number of hydrogen-bond donors (Lipinski definition) is 1. The molecule has 2 rings (SSSR count). The number of nitrogens with zero attached hydrogens (tertiary/aromatic N) is 2. The van der Waals surface area contributed by atoms with Crippen LogP contribution >= 0.6 is 0 Å². The van der Waals surface area contributed by atoms with Crippen molar-refractivity contribution < 1.29 is 0 Å². The van der Waals surface area contributed by atoms with Crippen LogP contribution in [0.1, 0.15) is 33.3 Å². The number of likely N-dealkylation sites (N-methyl/N-ethyl adjacent to an activating group) is 1. The molecule has 118 valence electrons. The molecule has 1 aliphatic heterocycles. The third-order valence-electron chi connectivity index (χ3n) is 4.50. The van der Waals surface area contributed by atoms with Gasteiger partial charge in [-0.25, -0.2) is 0 Å². The second kappa shape index (κ2) is 6.80. The first-order chi connectivity index (χ1) is 9.88. The van der Waals surface area contributed by atoms with Crippen molar-refractivity contribution in [3.05, 3.63) is 29.8 Å². The predicted octanol–water partition coefficient (Wildman–Crippen LogP) is 2.96. The normalized spacial score (nSPS) is 19.2. The first-order valence-electron chi connectivity index (χ1n) is 8.14. The highest BCUT2D eigenvalue weighted by Crippen LogP contribution is 2.24. The third-order valence-corrected chi connectivity index (χ3v) is 4.50. The molecule has 3 heteroatoms. The van der Waals surface area contributed by atoms with Gasteiger partial charge in [-0.3, -0.25) is 4.90 Å². The third kappa shape index (κ3) is 4.45. The van der Waals surface area contributed by atoms with E-state index in [9.17, 15) is 0 Å². The fourth-order valence-electron chi connectivity index (χ4n) is 2.79. The van der Waals surface area contributed by atoms with Crippen molar-refractivity contribution in [2.75, 3.05) is 38.1 Å². The van der Waals surface area contributed by atoms with Crippen LogP contribution in [0.25, 0.3) is 0 Å². The van der Waals surface area contributed by atoms with Gasteiger partial charge in [-0.05, 0) is 51.1 Å². The van der Waals surface area contributed by atoms with Crippen LogP contribution in [0, 0.1) is 5.92 Å². The lowest BCUT2D eigenvalue weighted by Gasteiger charge is -2.46. The maximum Gasteiger partial charge on any atom is 0.0367 e. The zero-order valence-corrected chi connectivity index (χ0v) is 14.3. The molecule has 1 fully saturated rings. The number of nitrogens with one attached hydrogen (secondary N) is 1. The molecule has 0 spiro atoms. The quantitative estimate of drug-likeness (QED) is 0.899. The first-order valence-corrected chi connectivity index (χ1v) is 8.14. The van der Waals surface area contributed by atoms with Crippen LogP contribution in [-0.4, -0.2) is 43.7 Å². The van der Waals surface area contributed by atoms with Crippen molar-refractivity contribution in [1.82, 2.24) is 10.2 Å². The smallest absolute Gasteiger partial charge is 0.0367 e. The Kier molecular flexibility index (Phi) is 5.28. The lowest BCUT2D eigenvalue weighted by molar-refractivity contribution is 0.139. The lowest BCUT2D eigenvalue weighted by Crippen LogP contribution is -2.57. The molecule has 21 heavy (non-hydrogen) atoms. The lowest BCUT2D eigenvalue weighted by atomic mass is 9.99. The maximum atomic E-state index is 3.50. The number of benzene rings is 1. The largest absolute Gasteiger partial charge is 0.368 e. The number of rotatable bonds is 5. The number of piperazine rings is 1. The summed E-state index contributed by atoms with van der Waals surface area (Å²) in [5.74, 6) is 0.705. The highest BCUT2D eigenvalue weighted by Gasteiger charge is 2.30. The summed E-state index contributed by atoms with van der Waals surface area (Å²) in [5.41, 5.74) is 2.96. The van der Waals surface area contributed by atoms with Crippen molar-refractivity contribution in [3.8, 4) is 0 Å². The highest BCUT2D eigenvalue weighted by molar-refractivity contribution is 5.48. The topological polar surface area (TPSA) is 18.5 Å². The fourth-order valence-corrected chi connectivity index (χ4v) is 2.79. The Morgan fingerprint density at radius 1 is 1.14 bits per heavy atom. The monoisotopic (exact) mass is 289 g/mol. The SMILES string of the molecule is CC(C)CNCc1ccc(N2CCN(C)C(C)(C)C2)cc1. The molecule has 1 heterocycles. The average Bonchev–Trinajstić information content (AvgIpc) is 2.42. The van der Waals surface area contributed by atoms with E-state index in [0.29, 0.717) is 5.92 Å². The summed E-state index contributed by atoms with van der Waals surface area (Å²) in [6.45, 7) is 14.5. The van der Waals surface area contributed by atoms with Gasteiger partial charge < -0.3 is 10.2 Å². The molecule has 1 aromatic rings. The van der Waals surface area contributed by atoms with Gasteiger partial charge in [0.15, 0.2) is 0 Å². The van der Waals surface area contributed by atoms with E-state index in [1.54, 1.807) is 0 Å². The minimum atomic E-state index is 0.246. The molecule has 0 aliphatic carbocycles. The molecule has 0 aromatic heterocycles. The molecule has 1 N–H and O–H groups in total. The maximum absolute atomic E-state index is 3.50. The van der Waals surface area contributed by atoms with E-state index in [1.807, 2.05) is 0 Å². The fraction of sp³-hybridized carbons (Fsp3) is 0.667. The Bertz CT molecular complexity index is 436. The van der Waals surface area contributed by atoms with Crippen molar-refractivity contribution in [2.45, 2.75) is 39.8 Å². The molecule has 1 aliphatic rings. The molecule has 0 bridgehead atoms. The summed E-state index contributed by atoms with van der Waals surface area (Å²) in [7, 11) is 2.22. The van der Waals surface area contributed by atoms with E-state index in [-0.39, 0.29) is 5.54 Å². The molecular formula is C18H31N3. The standard InChI is InChI=1S/C18H31N3/c1-15(2)12-19-13-16-6-8-17(9-7-16)21-11-10-20(5)18(3,4)14-21/h6-9,15,19H,10-14H2,1-5H3. The molecule has 0 radical (unpaired) electrons. The number of anilines is 1. The van der Waals surface area contributed by atoms with Crippen molar-refractivity contribution in [2.24, 2.45) is 5.92 Å². The Morgan fingerprint density at radius 2 is 1.81 bits per heavy atom. The van der Waals surface area contributed by atoms with Crippen LogP contribution < -0.4 is 10.2 Å². The first kappa shape index (κ1) is 16.3. The Hall–Kier alpha value is -1.06. The molecule has 3 nitrogen and oxygen atoms in total. The molecule has 0 saturated carbocycles. The molecule has 1 aromatic carbocycles. The van der Waals surface area contributed by atoms with Crippen molar-refractivity contribution in [1.29, 1.82) is 0 Å². The summed E-state index contributed by atoms with van der Waals surface area (Å²) >= 11 is 0. The second-order valence-corrected chi connectivity index (χ2v) is 7.35. The summed E-state index contributed by atoms with van der Waals surface area (Å²) < 4.78 is 0. The van der Waals surface area contributed by atoms with Crippen LogP contribution in [0.4, 0.5) is 5.69 Å². The van der Waals surface area contributed by atoms with Gasteiger partial charge in [0.05, 0.1) is 0 Å². The molecular weight excluding hydrogens is 258 g/mol. The summed E-state index contributed by atoms with van der Waals surface area (Å²) in [6.07, 6.45) is 0. The van der Waals surface area contributed by atoms with Crippen LogP contribution in [0.15, 0.2) is 24.3 Å². The van der Waals surface area contributed by atoms with Gasteiger partial charge in [0, 0.05) is 37.4 Å². The van der Waals surface area contributed by atoms with Gasteiger partial charge in [-0.2, -0.15) is 0 Å². The van der Waals surface area contributed by atoms with Gasteiger partial charge in [0.1, 0.15) is 0 Å². The van der Waals surface area contributed by atoms with E-state index >= 15 is 0 Å². The molecule has 0 unspecified atom stereocenters. The molecule has 0 atom stereocenters. The zero-order chi connectivity index (χ0) is 15.5. The average molecular weight is 289 g/mol. The minimum absolute atomic E-state index is 0.246. The van der Waals surface area contributed by atoms with Crippen molar-refractivity contribution in [3.63, 3.8) is 0 Å². The van der Waals surface area contributed by atoms with E-state index < -0.39 is 0 Å². The molecule has 0 amide bonds. The van der Waals surface area contributed by atoms with E-state index in [0.717, 1.165) is 32.7 Å². The predicted molar refractivity (Wildman–Crippen MR) is 91.9 cm³/mol. The summed E-state index contributed by atoms with van der Waals surface area (Å²) in [4.78, 5) is 4.96. The summed E-state index contributed by atoms with van der Waals surface area (Å²) in [5, 5.41) is 3.50. The summed E-state index contributed by atoms with van der Waals surface area (Å²) in [6, 6.07) is 9.06. The van der Waals surface area contributed by atoms with Gasteiger partial charge in [-0.15, -0.1) is 0 Å². The van der Waals surface area contributed by atoms with Crippen molar-refractivity contribution >= 4 is 5.69 Å². The van der Waals surface area contributed by atoms with Gasteiger partial charge in [0.25, 0.3) is 0 Å². The molecule has 1 saturated heterocycles. The van der Waals surface area contributed by atoms with Crippen LogP contribution in [0.3, 0.4) is 0 Å². The van der Waals surface area contributed by atoms with Crippen LogP contribution in [-0.2, 0) is 6.54 Å². The van der Waals surface area contributed by atoms with E-state index in [1.165, 1.54) is 11.3 Å². The van der Waals surface area contributed by atoms with Gasteiger partial charge >= 0.3 is 0 Å². The Morgan fingerprint density at radius 3 is 2.38 bits per heavy atom. The Labute approximate surface area is 130 Å². The second-order valence-electron chi connectivity index (χ2n) is 7.35. The highest BCUT2D eigenvalue weighted by atomic mass is 15.3. The number of hydrogen-bond acceptors (Lipinski definition) is 3. The minimum Gasteiger partial charge on any atom is -0.368 e. The van der Waals surface area contributed by atoms with E-state index in [2.05, 4.69) is 74.1 Å². The van der Waals surface area contributed by atoms with Gasteiger partial charge in [0.2, 0.25) is 0 Å². The van der Waals surface area contributed by atoms with Crippen LogP contribution in [0.5, 0.6) is 0 Å². The van der Waals surface area contributed by atoms with Gasteiger partial charge in [-0.1, -0.05) is 26.0 Å². The van der Waals surface area contributed by atoms with Crippen LogP contribution in [0.2, 0.25) is 0 Å². The Balaban J connectivity index is 1.93. The zero-order valence-electron chi connectivity index (χ0n) is 14.3.